The number of aliphatic carboxylic acids is 1. The van der Waals surface area contributed by atoms with Gasteiger partial charge in [0, 0.05) is 24.3 Å². The zero-order chi connectivity index (χ0) is 15.2. The first-order valence-corrected chi connectivity index (χ1v) is 6.60. The fourth-order valence-corrected chi connectivity index (χ4v) is 3.29. The molecule has 110 valence electrons. The molecular formula is C15H20O5. The summed E-state index contributed by atoms with van der Waals surface area (Å²) in [7, 11) is 0. The Kier molecular flexibility index (Phi) is 3.38. The van der Waals surface area contributed by atoms with Crippen LogP contribution < -0.4 is 0 Å². The highest BCUT2D eigenvalue weighted by atomic mass is 16.5. The van der Waals surface area contributed by atoms with Gasteiger partial charge in [-0.15, -0.1) is 0 Å². The molecule has 0 aromatic carbocycles. The van der Waals surface area contributed by atoms with E-state index in [9.17, 15) is 14.7 Å². The van der Waals surface area contributed by atoms with E-state index in [1.165, 1.54) is 0 Å². The third-order valence-corrected chi connectivity index (χ3v) is 4.50. The molecule has 0 unspecified atom stereocenters. The predicted octanol–water partition coefficient (Wildman–Crippen LogP) is 1.46. The van der Waals surface area contributed by atoms with Crippen LogP contribution in [0.15, 0.2) is 23.8 Å². The van der Waals surface area contributed by atoms with Crippen LogP contribution >= 0.6 is 0 Å². The second-order valence-electron chi connectivity index (χ2n) is 6.30. The van der Waals surface area contributed by atoms with Crippen LogP contribution in [-0.2, 0) is 14.3 Å². The van der Waals surface area contributed by atoms with Gasteiger partial charge in [0.25, 0.3) is 0 Å². The summed E-state index contributed by atoms with van der Waals surface area (Å²) in [4.78, 5) is 22.4. The fraction of sp³-hybridized carbons (Fsp3) is 0.600. The standard InChI is InChI=1S/C15H20O5/c1-10(6-12(17)18)4-5-15(19)13(2)7-11(16)8-14(15,3)20-9-13/h4-6,19H,7-9H2,1-3H3,(H,17,18)/b5-4+,10-6-/t13-,14-,15+/m0/s1. The van der Waals surface area contributed by atoms with Gasteiger partial charge in [0.1, 0.15) is 17.0 Å². The van der Waals surface area contributed by atoms with Crippen molar-refractivity contribution in [2.24, 2.45) is 5.41 Å². The Morgan fingerprint density at radius 2 is 2.00 bits per heavy atom. The molecular weight excluding hydrogens is 260 g/mol. The first-order valence-electron chi connectivity index (χ1n) is 6.60. The number of fused-ring (bicyclic) bond motifs is 2. The van der Waals surface area contributed by atoms with Crippen molar-refractivity contribution >= 4 is 11.8 Å². The van der Waals surface area contributed by atoms with Crippen LogP contribution in [0.2, 0.25) is 0 Å². The SMILES string of the molecule is CC(=C/C(=O)O)/C=C/[C@@]1(O)[C@]2(C)CO[C@@]1(C)CC(=O)C2. The summed E-state index contributed by atoms with van der Waals surface area (Å²) in [5, 5.41) is 19.7. The number of hydrogen-bond donors (Lipinski definition) is 2. The number of aliphatic hydroxyl groups is 1. The van der Waals surface area contributed by atoms with Gasteiger partial charge in [0.05, 0.1) is 6.61 Å². The number of allylic oxidation sites excluding steroid dienone is 2. The Morgan fingerprint density at radius 1 is 1.35 bits per heavy atom. The zero-order valence-corrected chi connectivity index (χ0v) is 12.0. The molecule has 1 saturated heterocycles. The van der Waals surface area contributed by atoms with Gasteiger partial charge in [-0.1, -0.05) is 13.0 Å². The minimum absolute atomic E-state index is 0.0865. The molecule has 20 heavy (non-hydrogen) atoms. The number of rotatable bonds is 3. The van der Waals surface area contributed by atoms with E-state index < -0.39 is 22.6 Å². The highest BCUT2D eigenvalue weighted by molar-refractivity contribution is 5.83. The van der Waals surface area contributed by atoms with Crippen molar-refractivity contribution in [2.75, 3.05) is 6.61 Å². The first kappa shape index (κ1) is 14.9. The lowest BCUT2D eigenvalue weighted by molar-refractivity contribution is -0.151. The van der Waals surface area contributed by atoms with Crippen LogP contribution in [0.1, 0.15) is 33.6 Å². The lowest BCUT2D eigenvalue weighted by Crippen LogP contribution is -2.60. The van der Waals surface area contributed by atoms with E-state index in [0.717, 1.165) is 6.08 Å². The van der Waals surface area contributed by atoms with E-state index in [0.29, 0.717) is 12.2 Å². The molecule has 0 aromatic heterocycles. The number of hydrogen-bond acceptors (Lipinski definition) is 4. The number of ketones is 1. The van der Waals surface area contributed by atoms with Crippen molar-refractivity contribution in [2.45, 2.75) is 44.8 Å². The smallest absolute Gasteiger partial charge is 0.328 e. The highest BCUT2D eigenvalue weighted by Crippen LogP contribution is 2.56. The fourth-order valence-electron chi connectivity index (χ4n) is 3.29. The molecule has 1 aliphatic heterocycles. The van der Waals surface area contributed by atoms with Crippen LogP contribution in [0.4, 0.5) is 0 Å². The molecule has 2 bridgehead atoms. The van der Waals surface area contributed by atoms with Crippen LogP contribution in [-0.4, -0.2) is 39.8 Å². The van der Waals surface area contributed by atoms with E-state index in [1.807, 2.05) is 6.92 Å². The molecule has 1 heterocycles. The Labute approximate surface area is 117 Å². The van der Waals surface area contributed by atoms with Gasteiger partial charge >= 0.3 is 5.97 Å². The number of Topliss-reactive ketones (excluding diaryl/α,β-unsaturated/α-hetero) is 1. The van der Waals surface area contributed by atoms with Crippen molar-refractivity contribution in [1.29, 1.82) is 0 Å². The molecule has 0 aromatic rings. The summed E-state index contributed by atoms with van der Waals surface area (Å²) in [5.41, 5.74) is -2.37. The molecule has 1 aliphatic carbocycles. The number of carbonyl (C=O) groups excluding carboxylic acids is 1. The normalized spacial score (nSPS) is 41.4. The van der Waals surface area contributed by atoms with Crippen LogP contribution in [0, 0.1) is 5.41 Å². The van der Waals surface area contributed by atoms with E-state index in [2.05, 4.69) is 0 Å². The third kappa shape index (κ3) is 2.11. The number of carbonyl (C=O) groups is 2. The summed E-state index contributed by atoms with van der Waals surface area (Å²) in [6.07, 6.45) is 4.67. The maximum atomic E-state index is 11.8. The van der Waals surface area contributed by atoms with Crippen molar-refractivity contribution in [3.63, 3.8) is 0 Å². The monoisotopic (exact) mass is 280 g/mol. The molecule has 2 rings (SSSR count). The summed E-state index contributed by atoms with van der Waals surface area (Å²) in [6.45, 7) is 5.53. The topological polar surface area (TPSA) is 83.8 Å². The van der Waals surface area contributed by atoms with Gasteiger partial charge in [-0.05, 0) is 25.5 Å². The maximum absolute atomic E-state index is 11.8. The molecule has 3 atom stereocenters. The predicted molar refractivity (Wildman–Crippen MR) is 72.2 cm³/mol. The average molecular weight is 280 g/mol. The van der Waals surface area contributed by atoms with Gasteiger partial charge in [0.15, 0.2) is 0 Å². The summed E-state index contributed by atoms with van der Waals surface area (Å²) in [6, 6.07) is 0. The van der Waals surface area contributed by atoms with Crippen molar-refractivity contribution in [3.8, 4) is 0 Å². The quantitative estimate of drug-likeness (QED) is 0.604. The molecule has 1 saturated carbocycles. The lowest BCUT2D eigenvalue weighted by Gasteiger charge is -2.47. The van der Waals surface area contributed by atoms with Crippen LogP contribution in [0.5, 0.6) is 0 Å². The molecule has 5 heteroatoms. The van der Waals surface area contributed by atoms with E-state index >= 15 is 0 Å². The van der Waals surface area contributed by atoms with Gasteiger partial charge in [-0.25, -0.2) is 4.79 Å². The minimum Gasteiger partial charge on any atom is -0.478 e. The molecule has 2 N–H and O–H groups in total. The van der Waals surface area contributed by atoms with Gasteiger partial charge in [-0.2, -0.15) is 0 Å². The molecule has 0 radical (unpaired) electrons. The average Bonchev–Trinajstić information content (AvgIpc) is 2.43. The highest BCUT2D eigenvalue weighted by Gasteiger charge is 2.67. The first-order chi connectivity index (χ1) is 9.12. The lowest BCUT2D eigenvalue weighted by atomic mass is 9.59. The van der Waals surface area contributed by atoms with Crippen molar-refractivity contribution in [3.05, 3.63) is 23.8 Å². The van der Waals surface area contributed by atoms with Gasteiger partial charge in [-0.3, -0.25) is 4.79 Å². The Bertz CT molecular complexity index is 496. The Morgan fingerprint density at radius 3 is 2.55 bits per heavy atom. The number of carboxylic acids is 1. The third-order valence-electron chi connectivity index (χ3n) is 4.50. The minimum atomic E-state index is -1.28. The van der Waals surface area contributed by atoms with Crippen LogP contribution in [0.3, 0.4) is 0 Å². The molecule has 0 spiro atoms. The molecule has 0 amide bonds. The summed E-state index contributed by atoms with van der Waals surface area (Å²) < 4.78 is 5.71. The van der Waals surface area contributed by atoms with Gasteiger partial charge < -0.3 is 14.9 Å². The number of carboxylic acid groups (broad SMARTS) is 1. The Balaban J connectivity index is 2.36. The van der Waals surface area contributed by atoms with Crippen molar-refractivity contribution < 1.29 is 24.5 Å². The van der Waals surface area contributed by atoms with Crippen LogP contribution in [0.25, 0.3) is 0 Å². The van der Waals surface area contributed by atoms with Crippen molar-refractivity contribution in [1.82, 2.24) is 0 Å². The summed E-state index contributed by atoms with van der Waals surface area (Å²) >= 11 is 0. The van der Waals surface area contributed by atoms with E-state index in [4.69, 9.17) is 9.84 Å². The number of ether oxygens (including phenoxy) is 1. The largest absolute Gasteiger partial charge is 0.478 e. The summed E-state index contributed by atoms with van der Waals surface area (Å²) in [5.74, 6) is -0.946. The molecule has 5 nitrogen and oxygen atoms in total. The molecule has 2 aliphatic rings. The second-order valence-corrected chi connectivity index (χ2v) is 6.30. The van der Waals surface area contributed by atoms with Gasteiger partial charge in [0.2, 0.25) is 0 Å². The maximum Gasteiger partial charge on any atom is 0.328 e. The van der Waals surface area contributed by atoms with E-state index in [-0.39, 0.29) is 18.6 Å². The van der Waals surface area contributed by atoms with E-state index in [1.54, 1.807) is 26.0 Å². The zero-order valence-electron chi connectivity index (χ0n) is 12.0. The second kappa shape index (κ2) is 4.53. The Hall–Kier alpha value is -1.46. The molecule has 2 fully saturated rings.